The molecule has 0 amide bonds. The van der Waals surface area contributed by atoms with E-state index in [9.17, 15) is 21.6 Å². The molecule has 25 heavy (non-hydrogen) atoms. The van der Waals surface area contributed by atoms with Crippen LogP contribution in [0.25, 0.3) is 0 Å². The van der Waals surface area contributed by atoms with Crippen LogP contribution in [-0.4, -0.2) is 33.2 Å². The van der Waals surface area contributed by atoms with E-state index in [2.05, 4.69) is 5.32 Å². The Bertz CT molecular complexity index is 850. The molecule has 0 bridgehead atoms. The summed E-state index contributed by atoms with van der Waals surface area (Å²) in [6.07, 6.45) is -0.284. The molecule has 2 aromatic rings. The number of anilines is 1. The largest absolute Gasteiger partial charge is 0.501 e. The van der Waals surface area contributed by atoms with Gasteiger partial charge in [0.2, 0.25) is 0 Å². The van der Waals surface area contributed by atoms with Gasteiger partial charge < -0.3 is 14.8 Å². The molecular formula is C16H14F3NO4S. The molecule has 0 radical (unpaired) electrons. The Morgan fingerprint density at radius 1 is 1.04 bits per heavy atom. The van der Waals surface area contributed by atoms with Gasteiger partial charge in [-0.25, -0.2) is 8.42 Å². The van der Waals surface area contributed by atoms with Gasteiger partial charge in [0, 0.05) is 5.69 Å². The minimum Gasteiger partial charge on any atom is -0.486 e. The summed E-state index contributed by atoms with van der Waals surface area (Å²) >= 11 is 0. The maximum Gasteiger partial charge on any atom is 0.501 e. The summed E-state index contributed by atoms with van der Waals surface area (Å²) in [5.74, 6) is 1.27. The fourth-order valence-corrected chi connectivity index (χ4v) is 3.04. The van der Waals surface area contributed by atoms with Gasteiger partial charge in [0.1, 0.15) is 12.7 Å². The lowest BCUT2D eigenvalue weighted by Gasteiger charge is -2.26. The molecule has 1 N–H and O–H groups in total. The molecular weight excluding hydrogens is 359 g/mol. The van der Waals surface area contributed by atoms with Crippen molar-refractivity contribution in [3.05, 3.63) is 48.5 Å². The van der Waals surface area contributed by atoms with Crippen LogP contribution in [0.2, 0.25) is 0 Å². The summed E-state index contributed by atoms with van der Waals surface area (Å²) in [6, 6.07) is 11.6. The van der Waals surface area contributed by atoms with Crippen molar-refractivity contribution < 1.29 is 31.1 Å². The minimum atomic E-state index is -5.33. The van der Waals surface area contributed by atoms with Gasteiger partial charge in [-0.1, -0.05) is 12.1 Å². The zero-order chi connectivity index (χ0) is 18.1. The minimum absolute atomic E-state index is 0.284. The number of hydrogen-bond acceptors (Lipinski definition) is 5. The Labute approximate surface area is 142 Å². The number of rotatable bonds is 4. The van der Waals surface area contributed by atoms with E-state index in [0.717, 1.165) is 12.1 Å². The van der Waals surface area contributed by atoms with E-state index in [1.807, 2.05) is 12.1 Å². The van der Waals surface area contributed by atoms with Gasteiger partial charge in [0.25, 0.3) is 9.84 Å². The van der Waals surface area contributed by atoms with E-state index in [1.165, 1.54) is 12.1 Å². The van der Waals surface area contributed by atoms with E-state index in [-0.39, 0.29) is 6.10 Å². The lowest BCUT2D eigenvalue weighted by molar-refractivity contribution is -0.0436. The Morgan fingerprint density at radius 2 is 1.68 bits per heavy atom. The molecule has 0 fully saturated rings. The van der Waals surface area contributed by atoms with Crippen molar-refractivity contribution in [2.24, 2.45) is 0 Å². The number of fused-ring (bicyclic) bond motifs is 1. The zero-order valence-electron chi connectivity index (χ0n) is 12.8. The Kier molecular flexibility index (Phi) is 4.51. The number of benzene rings is 2. The molecule has 5 nitrogen and oxygen atoms in total. The molecule has 1 aliphatic rings. The first kappa shape index (κ1) is 17.4. The molecule has 2 aromatic carbocycles. The van der Waals surface area contributed by atoms with Crippen LogP contribution in [0, 0.1) is 0 Å². The molecule has 3 rings (SSSR count). The predicted octanol–water partition coefficient (Wildman–Crippen LogP) is 3.23. The normalized spacial score (nSPS) is 17.2. The van der Waals surface area contributed by atoms with Gasteiger partial charge in [-0.2, -0.15) is 13.2 Å². The van der Waals surface area contributed by atoms with E-state index in [4.69, 9.17) is 9.47 Å². The summed E-state index contributed by atoms with van der Waals surface area (Å²) in [4.78, 5) is -0.795. The van der Waals surface area contributed by atoms with E-state index < -0.39 is 20.2 Å². The van der Waals surface area contributed by atoms with Gasteiger partial charge in [0.15, 0.2) is 11.5 Å². The van der Waals surface area contributed by atoms with Crippen molar-refractivity contribution in [2.45, 2.75) is 16.5 Å². The Hall–Kier alpha value is -2.42. The molecule has 134 valence electrons. The van der Waals surface area contributed by atoms with E-state index in [0.29, 0.717) is 30.3 Å². The smallest absolute Gasteiger partial charge is 0.486 e. The van der Waals surface area contributed by atoms with Crippen LogP contribution in [0.15, 0.2) is 53.4 Å². The summed E-state index contributed by atoms with van der Waals surface area (Å²) in [6.45, 7) is 0.671. The molecule has 0 saturated heterocycles. The number of ether oxygens (including phenoxy) is 2. The van der Waals surface area contributed by atoms with Crippen LogP contribution in [0.5, 0.6) is 11.5 Å². The molecule has 1 atom stereocenters. The number of halogens is 3. The predicted molar refractivity (Wildman–Crippen MR) is 84.5 cm³/mol. The van der Waals surface area contributed by atoms with Crippen molar-refractivity contribution in [3.63, 3.8) is 0 Å². The highest BCUT2D eigenvalue weighted by Crippen LogP contribution is 2.32. The molecule has 0 aromatic heterocycles. The lowest BCUT2D eigenvalue weighted by atomic mass is 10.2. The third-order valence-electron chi connectivity index (χ3n) is 3.57. The zero-order valence-corrected chi connectivity index (χ0v) is 13.6. The van der Waals surface area contributed by atoms with Gasteiger partial charge in [0.05, 0.1) is 11.4 Å². The van der Waals surface area contributed by atoms with Gasteiger partial charge >= 0.3 is 5.51 Å². The number of alkyl halides is 3. The Balaban J connectivity index is 1.62. The van der Waals surface area contributed by atoms with Crippen LogP contribution in [-0.2, 0) is 9.84 Å². The van der Waals surface area contributed by atoms with Crippen LogP contribution in [0.3, 0.4) is 0 Å². The summed E-state index contributed by atoms with van der Waals surface area (Å²) in [5, 5.41) is 2.98. The van der Waals surface area contributed by atoms with Crippen molar-refractivity contribution >= 4 is 15.5 Å². The molecule has 0 saturated carbocycles. The summed E-state index contributed by atoms with van der Waals surface area (Å²) in [5.41, 5.74) is -4.84. The summed E-state index contributed by atoms with van der Waals surface area (Å²) < 4.78 is 71.4. The first-order chi connectivity index (χ1) is 11.8. The number of sulfone groups is 1. The molecule has 1 heterocycles. The number of hydrogen-bond donors (Lipinski definition) is 1. The van der Waals surface area contributed by atoms with Crippen LogP contribution in [0.1, 0.15) is 0 Å². The highest BCUT2D eigenvalue weighted by molar-refractivity contribution is 7.92. The number of nitrogens with one attached hydrogen (secondary N) is 1. The fourth-order valence-electron chi connectivity index (χ4n) is 2.28. The molecule has 0 aliphatic carbocycles. The molecule has 0 unspecified atom stereocenters. The number of para-hydroxylation sites is 2. The average molecular weight is 373 g/mol. The highest BCUT2D eigenvalue weighted by Gasteiger charge is 2.46. The third kappa shape index (κ3) is 3.65. The fraction of sp³-hybridized carbons (Fsp3) is 0.250. The first-order valence-corrected chi connectivity index (χ1v) is 8.79. The van der Waals surface area contributed by atoms with Crippen molar-refractivity contribution in [2.75, 3.05) is 18.5 Å². The third-order valence-corrected chi connectivity index (χ3v) is 5.07. The van der Waals surface area contributed by atoms with Crippen molar-refractivity contribution in [3.8, 4) is 11.5 Å². The van der Waals surface area contributed by atoms with Crippen LogP contribution >= 0.6 is 0 Å². The van der Waals surface area contributed by atoms with Crippen LogP contribution < -0.4 is 14.8 Å². The first-order valence-electron chi connectivity index (χ1n) is 7.31. The van der Waals surface area contributed by atoms with Gasteiger partial charge in [-0.3, -0.25) is 0 Å². The molecule has 0 spiro atoms. The topological polar surface area (TPSA) is 64.6 Å². The maximum absolute atomic E-state index is 12.5. The van der Waals surface area contributed by atoms with Crippen molar-refractivity contribution in [1.82, 2.24) is 0 Å². The Morgan fingerprint density at radius 3 is 2.32 bits per heavy atom. The standard InChI is InChI=1S/C16H14F3NO4S/c17-16(18,19)25(21,22)13-7-5-11(6-8-13)20-9-12-10-23-14-3-1-2-4-15(14)24-12/h1-8,12,20H,9-10H2/t12-/m0/s1. The van der Waals surface area contributed by atoms with E-state index in [1.54, 1.807) is 12.1 Å². The highest BCUT2D eigenvalue weighted by atomic mass is 32.2. The van der Waals surface area contributed by atoms with Crippen molar-refractivity contribution in [1.29, 1.82) is 0 Å². The van der Waals surface area contributed by atoms with E-state index >= 15 is 0 Å². The maximum atomic E-state index is 12.5. The molecule has 9 heteroatoms. The second-order valence-electron chi connectivity index (χ2n) is 5.35. The summed E-state index contributed by atoms with van der Waals surface area (Å²) in [7, 11) is -5.33. The van der Waals surface area contributed by atoms with Crippen LogP contribution in [0.4, 0.5) is 18.9 Å². The SMILES string of the molecule is O=S(=O)(c1ccc(NC[C@H]2COc3ccccc3O2)cc1)C(F)(F)F. The van der Waals surface area contributed by atoms with Gasteiger partial charge in [-0.15, -0.1) is 0 Å². The quantitative estimate of drug-likeness (QED) is 0.892. The second kappa shape index (κ2) is 6.47. The van der Waals surface area contributed by atoms with Gasteiger partial charge in [-0.05, 0) is 36.4 Å². The molecule has 1 aliphatic heterocycles. The average Bonchev–Trinajstić information content (AvgIpc) is 2.59. The monoisotopic (exact) mass is 373 g/mol. The lowest BCUT2D eigenvalue weighted by Crippen LogP contribution is -2.35. The second-order valence-corrected chi connectivity index (χ2v) is 7.29.